The van der Waals surface area contributed by atoms with Crippen LogP contribution < -0.4 is 0 Å². The minimum Gasteiger partial charge on any atom is -0.123 e. The molecule has 0 spiro atoms. The molecule has 0 aromatic heterocycles. The lowest BCUT2D eigenvalue weighted by atomic mass is 9.89. The van der Waals surface area contributed by atoms with Crippen molar-refractivity contribution < 1.29 is 0 Å². The number of rotatable bonds is 6. The Bertz CT molecular complexity index is 97.2. The van der Waals surface area contributed by atoms with E-state index in [-0.39, 0.29) is 0 Å². The summed E-state index contributed by atoms with van der Waals surface area (Å²) in [6, 6.07) is 0. The molecule has 2 unspecified atom stereocenters. The van der Waals surface area contributed by atoms with Gasteiger partial charge in [-0.1, -0.05) is 40.5 Å². The molecule has 0 heterocycles. The molecule has 0 saturated carbocycles. The van der Waals surface area contributed by atoms with E-state index in [4.69, 9.17) is 11.6 Å². The fraction of sp³-hybridized carbons (Fsp3) is 1.00. The van der Waals surface area contributed by atoms with Gasteiger partial charge in [-0.3, -0.25) is 0 Å². The summed E-state index contributed by atoms with van der Waals surface area (Å²) in [7, 11) is 0. The predicted octanol–water partition coefficient (Wildman–Crippen LogP) is 4.47. The summed E-state index contributed by atoms with van der Waals surface area (Å²) in [4.78, 5) is 0. The van der Waals surface area contributed by atoms with E-state index in [0.717, 1.165) is 12.3 Å². The maximum Gasteiger partial charge on any atom is 0.0359 e. The van der Waals surface area contributed by atoms with Crippen LogP contribution in [0.25, 0.3) is 0 Å². The van der Waals surface area contributed by atoms with Crippen LogP contribution in [0, 0.1) is 11.8 Å². The Morgan fingerprint density at radius 3 is 1.83 bits per heavy atom. The lowest BCUT2D eigenvalue weighted by Crippen LogP contribution is -2.14. The zero-order valence-corrected chi connectivity index (χ0v) is 9.69. The molecule has 0 nitrogen and oxygen atoms in total. The van der Waals surface area contributed by atoms with Gasteiger partial charge in [-0.25, -0.2) is 0 Å². The first kappa shape index (κ1) is 12.3. The lowest BCUT2D eigenvalue weighted by molar-refractivity contribution is 0.358. The van der Waals surface area contributed by atoms with Gasteiger partial charge >= 0.3 is 0 Å². The predicted molar refractivity (Wildman–Crippen MR) is 57.8 cm³/mol. The third-order valence-electron chi connectivity index (χ3n) is 2.87. The molecule has 74 valence electrons. The molecule has 0 aliphatic carbocycles. The average molecular weight is 191 g/mol. The van der Waals surface area contributed by atoms with Crippen molar-refractivity contribution >= 4 is 11.6 Å². The second kappa shape index (κ2) is 6.77. The molecule has 0 bridgehead atoms. The Labute approximate surface area is 82.7 Å². The van der Waals surface area contributed by atoms with Gasteiger partial charge in [0, 0.05) is 5.38 Å². The smallest absolute Gasteiger partial charge is 0.0359 e. The van der Waals surface area contributed by atoms with Crippen molar-refractivity contribution in [3.8, 4) is 0 Å². The van der Waals surface area contributed by atoms with Crippen LogP contribution in [0.3, 0.4) is 0 Å². The molecular weight excluding hydrogens is 168 g/mol. The first-order chi connectivity index (χ1) is 5.65. The summed E-state index contributed by atoms with van der Waals surface area (Å²) in [6.07, 6.45) is 5.00. The van der Waals surface area contributed by atoms with Gasteiger partial charge in [0.15, 0.2) is 0 Å². The van der Waals surface area contributed by atoms with E-state index < -0.39 is 0 Å². The van der Waals surface area contributed by atoms with Gasteiger partial charge in [-0.2, -0.15) is 0 Å². The lowest BCUT2D eigenvalue weighted by Gasteiger charge is -2.21. The molecule has 0 rings (SSSR count). The van der Waals surface area contributed by atoms with E-state index in [2.05, 4.69) is 27.7 Å². The van der Waals surface area contributed by atoms with Crippen molar-refractivity contribution in [2.24, 2.45) is 11.8 Å². The van der Waals surface area contributed by atoms with Crippen LogP contribution in [-0.4, -0.2) is 5.38 Å². The Morgan fingerprint density at radius 1 is 1.00 bits per heavy atom. The number of hydrogen-bond acceptors (Lipinski definition) is 0. The number of alkyl halides is 1. The molecule has 0 amide bonds. The summed E-state index contributed by atoms with van der Waals surface area (Å²) in [5.41, 5.74) is 0. The van der Waals surface area contributed by atoms with Crippen LogP contribution in [-0.2, 0) is 0 Å². The van der Waals surface area contributed by atoms with Gasteiger partial charge in [0.25, 0.3) is 0 Å². The standard InChI is InChI=1S/C11H23Cl/c1-5-10(6-2)8-9(4)11(12)7-3/h9-11H,5-8H2,1-4H3. The molecule has 12 heavy (non-hydrogen) atoms. The van der Waals surface area contributed by atoms with Crippen molar-refractivity contribution in [3.05, 3.63) is 0 Å². The van der Waals surface area contributed by atoms with Gasteiger partial charge < -0.3 is 0 Å². The Balaban J connectivity index is 3.72. The second-order valence-electron chi connectivity index (χ2n) is 3.82. The van der Waals surface area contributed by atoms with Crippen LogP contribution in [0.1, 0.15) is 53.4 Å². The molecule has 0 saturated heterocycles. The molecule has 0 aromatic rings. The van der Waals surface area contributed by atoms with E-state index in [1.165, 1.54) is 19.3 Å². The second-order valence-corrected chi connectivity index (χ2v) is 4.38. The average Bonchev–Trinajstić information content (AvgIpc) is 2.12. The van der Waals surface area contributed by atoms with Gasteiger partial charge in [-0.15, -0.1) is 11.6 Å². The number of hydrogen-bond donors (Lipinski definition) is 0. The molecule has 0 aliphatic heterocycles. The molecule has 0 N–H and O–H groups in total. The van der Waals surface area contributed by atoms with Crippen molar-refractivity contribution in [3.63, 3.8) is 0 Å². The van der Waals surface area contributed by atoms with Crippen LogP contribution in [0.4, 0.5) is 0 Å². The van der Waals surface area contributed by atoms with Crippen LogP contribution >= 0.6 is 11.6 Å². The summed E-state index contributed by atoms with van der Waals surface area (Å²) in [5.74, 6) is 1.56. The monoisotopic (exact) mass is 190 g/mol. The molecule has 2 atom stereocenters. The minimum absolute atomic E-state index is 0.380. The highest BCUT2D eigenvalue weighted by molar-refractivity contribution is 6.20. The van der Waals surface area contributed by atoms with Gasteiger partial charge in [0.2, 0.25) is 0 Å². The van der Waals surface area contributed by atoms with Crippen LogP contribution in [0.2, 0.25) is 0 Å². The van der Waals surface area contributed by atoms with Crippen molar-refractivity contribution in [2.45, 2.75) is 58.8 Å². The molecular formula is C11H23Cl. The van der Waals surface area contributed by atoms with E-state index in [1.54, 1.807) is 0 Å². The van der Waals surface area contributed by atoms with Crippen molar-refractivity contribution in [1.82, 2.24) is 0 Å². The fourth-order valence-corrected chi connectivity index (χ4v) is 1.80. The van der Waals surface area contributed by atoms with Crippen molar-refractivity contribution in [2.75, 3.05) is 0 Å². The highest BCUT2D eigenvalue weighted by atomic mass is 35.5. The molecule has 0 fully saturated rings. The molecule has 0 radical (unpaired) electrons. The van der Waals surface area contributed by atoms with E-state index >= 15 is 0 Å². The first-order valence-corrected chi connectivity index (χ1v) is 5.73. The van der Waals surface area contributed by atoms with Gasteiger partial charge in [-0.05, 0) is 24.7 Å². The zero-order chi connectivity index (χ0) is 9.56. The SMILES string of the molecule is CCC(CC)CC(C)C(Cl)CC. The number of halogens is 1. The maximum atomic E-state index is 6.17. The minimum atomic E-state index is 0.380. The maximum absolute atomic E-state index is 6.17. The normalized spacial score (nSPS) is 16.5. The molecule has 0 aliphatic rings. The van der Waals surface area contributed by atoms with E-state index in [0.29, 0.717) is 11.3 Å². The van der Waals surface area contributed by atoms with Crippen LogP contribution in [0.15, 0.2) is 0 Å². The third-order valence-corrected chi connectivity index (χ3v) is 3.61. The third kappa shape index (κ3) is 4.35. The highest BCUT2D eigenvalue weighted by Crippen LogP contribution is 2.25. The topological polar surface area (TPSA) is 0 Å². The van der Waals surface area contributed by atoms with Crippen molar-refractivity contribution in [1.29, 1.82) is 0 Å². The van der Waals surface area contributed by atoms with Gasteiger partial charge in [0.05, 0.1) is 0 Å². The van der Waals surface area contributed by atoms with E-state index in [1.807, 2.05) is 0 Å². The fourth-order valence-electron chi connectivity index (χ4n) is 1.70. The first-order valence-electron chi connectivity index (χ1n) is 5.29. The summed E-state index contributed by atoms with van der Waals surface area (Å²) in [6.45, 7) is 8.99. The van der Waals surface area contributed by atoms with E-state index in [9.17, 15) is 0 Å². The Morgan fingerprint density at radius 2 is 1.50 bits per heavy atom. The van der Waals surface area contributed by atoms with Gasteiger partial charge in [0.1, 0.15) is 0 Å². The van der Waals surface area contributed by atoms with Crippen LogP contribution in [0.5, 0.6) is 0 Å². The highest BCUT2D eigenvalue weighted by Gasteiger charge is 2.15. The summed E-state index contributed by atoms with van der Waals surface area (Å²) < 4.78 is 0. The Hall–Kier alpha value is 0.290. The molecule has 1 heteroatoms. The zero-order valence-electron chi connectivity index (χ0n) is 8.94. The quantitative estimate of drug-likeness (QED) is 0.543. The summed E-state index contributed by atoms with van der Waals surface area (Å²) in [5, 5.41) is 0.380. The largest absolute Gasteiger partial charge is 0.123 e. The summed E-state index contributed by atoms with van der Waals surface area (Å²) >= 11 is 6.17. The Kier molecular flexibility index (Phi) is 6.93. The molecule has 0 aromatic carbocycles.